The first kappa shape index (κ1) is 40.0. The van der Waals surface area contributed by atoms with Crippen LogP contribution in [0.4, 0.5) is 5.69 Å². The number of carbonyl (C=O) groups is 2. The lowest BCUT2D eigenvalue weighted by atomic mass is 10.1. The van der Waals surface area contributed by atoms with Crippen LogP contribution in [0.2, 0.25) is 5.02 Å². The van der Waals surface area contributed by atoms with E-state index < -0.39 is 11.9 Å². The van der Waals surface area contributed by atoms with Crippen LogP contribution < -0.4 is 43.5 Å². The molecular formula is C44H34ClNO12. The molecule has 13 nitrogen and oxygen atoms in total. The highest BCUT2D eigenvalue weighted by atomic mass is 35.5. The summed E-state index contributed by atoms with van der Waals surface area (Å²) < 4.78 is 32.1. The molecule has 14 heteroatoms. The standard InChI is InChI=1S/C44H34ClNO12/c1-51-39-22-34(47)37(24-41(39)53-3)56-36-20-13-29(21-33(36)45)43(49)46-30-14-7-26(8-15-30)5-6-27-9-16-31(17-10-27)55-44(50)28-11-18-32(19-12-28)57-58-38-25-42(54-4)40(52-2)23-35(38)48/h7-25,47-48H,1-4H3,(H,46,49). The summed E-state index contributed by atoms with van der Waals surface area (Å²) in [5.41, 5.74) is 2.49. The number of hydrogen-bond acceptors (Lipinski definition) is 12. The van der Waals surface area contributed by atoms with Crippen molar-refractivity contribution in [1.29, 1.82) is 0 Å². The second kappa shape index (κ2) is 18.3. The average molecular weight is 804 g/mol. The zero-order valence-electron chi connectivity index (χ0n) is 31.3. The van der Waals surface area contributed by atoms with Crippen molar-refractivity contribution in [3.63, 3.8) is 0 Å². The summed E-state index contributed by atoms with van der Waals surface area (Å²) in [6.07, 6.45) is 0. The van der Waals surface area contributed by atoms with Crippen molar-refractivity contribution < 1.29 is 58.0 Å². The molecular weight excluding hydrogens is 770 g/mol. The van der Waals surface area contributed by atoms with Gasteiger partial charge in [0.05, 0.1) is 39.0 Å². The maximum Gasteiger partial charge on any atom is 0.343 e. The molecule has 1 amide bonds. The fourth-order valence-corrected chi connectivity index (χ4v) is 5.41. The first-order valence-electron chi connectivity index (χ1n) is 17.1. The first-order valence-corrected chi connectivity index (χ1v) is 17.5. The Kier molecular flexibility index (Phi) is 12.6. The van der Waals surface area contributed by atoms with Crippen LogP contribution in [0.1, 0.15) is 31.8 Å². The van der Waals surface area contributed by atoms with E-state index >= 15 is 0 Å². The van der Waals surface area contributed by atoms with Gasteiger partial charge >= 0.3 is 5.97 Å². The highest BCUT2D eigenvalue weighted by molar-refractivity contribution is 6.32. The van der Waals surface area contributed by atoms with Gasteiger partial charge in [-0.25, -0.2) is 4.79 Å². The van der Waals surface area contributed by atoms with Crippen LogP contribution in [-0.2, 0) is 0 Å². The SMILES string of the molecule is COc1cc(O)c(OOc2ccc(C(=O)Oc3ccc(C#Cc4ccc(NC(=O)c5ccc(Oc6cc(OC)c(OC)cc6O)c(Cl)c5)cc4)cc3)cc2)cc1OC. The van der Waals surface area contributed by atoms with Crippen LogP contribution in [0.25, 0.3) is 0 Å². The number of halogens is 1. The molecule has 0 fully saturated rings. The number of carbonyl (C=O) groups excluding carboxylic acids is 2. The molecule has 0 saturated heterocycles. The molecule has 58 heavy (non-hydrogen) atoms. The summed E-state index contributed by atoms with van der Waals surface area (Å²) in [6, 6.07) is 29.8. The number of anilines is 1. The van der Waals surface area contributed by atoms with E-state index in [1.165, 1.54) is 89.1 Å². The summed E-state index contributed by atoms with van der Waals surface area (Å²) in [4.78, 5) is 36.3. The molecule has 0 aliphatic carbocycles. The summed E-state index contributed by atoms with van der Waals surface area (Å²) in [6.45, 7) is 0. The van der Waals surface area contributed by atoms with Crippen LogP contribution in [0, 0.1) is 11.8 Å². The average Bonchev–Trinajstić information content (AvgIpc) is 3.24. The Labute approximate surface area is 337 Å². The zero-order chi connectivity index (χ0) is 41.2. The largest absolute Gasteiger partial charge is 0.504 e. The molecule has 0 aliphatic rings. The Bertz CT molecular complexity index is 2490. The van der Waals surface area contributed by atoms with Crippen molar-refractivity contribution in [2.75, 3.05) is 33.8 Å². The number of rotatable bonds is 13. The van der Waals surface area contributed by atoms with Gasteiger partial charge in [0.1, 0.15) is 11.5 Å². The van der Waals surface area contributed by atoms with Gasteiger partial charge in [0.25, 0.3) is 5.91 Å². The molecule has 3 N–H and O–H groups in total. The van der Waals surface area contributed by atoms with Gasteiger partial charge in [0, 0.05) is 46.6 Å². The predicted octanol–water partition coefficient (Wildman–Crippen LogP) is 8.82. The molecule has 0 spiro atoms. The third-order valence-corrected chi connectivity index (χ3v) is 8.52. The summed E-state index contributed by atoms with van der Waals surface area (Å²) >= 11 is 6.42. The monoisotopic (exact) mass is 803 g/mol. The van der Waals surface area contributed by atoms with Crippen LogP contribution in [0.3, 0.4) is 0 Å². The Balaban J connectivity index is 0.990. The van der Waals surface area contributed by atoms with E-state index in [1.807, 2.05) is 0 Å². The van der Waals surface area contributed by atoms with Gasteiger partial charge in [-0.15, -0.1) is 0 Å². The molecule has 0 aromatic heterocycles. The van der Waals surface area contributed by atoms with E-state index in [-0.39, 0.29) is 50.6 Å². The summed E-state index contributed by atoms with van der Waals surface area (Å²) in [5, 5.41) is 23.5. The van der Waals surface area contributed by atoms with Gasteiger partial charge in [-0.05, 0) is 91.0 Å². The molecule has 0 aliphatic heterocycles. The number of aromatic hydroxyl groups is 2. The number of amides is 1. The Hall–Kier alpha value is -7.69. The molecule has 0 unspecified atom stereocenters. The van der Waals surface area contributed by atoms with Crippen molar-refractivity contribution in [3.8, 4) is 75.1 Å². The van der Waals surface area contributed by atoms with Crippen LogP contribution in [0.15, 0.2) is 115 Å². The second-order valence-electron chi connectivity index (χ2n) is 12.0. The first-order chi connectivity index (χ1) is 28.1. The van der Waals surface area contributed by atoms with Gasteiger partial charge in [-0.2, -0.15) is 0 Å². The van der Waals surface area contributed by atoms with E-state index in [9.17, 15) is 19.8 Å². The van der Waals surface area contributed by atoms with Gasteiger partial charge in [-0.3, -0.25) is 14.6 Å². The number of methoxy groups -OCH3 is 4. The molecule has 294 valence electrons. The molecule has 6 rings (SSSR count). The van der Waals surface area contributed by atoms with Gasteiger partial charge in [-0.1, -0.05) is 23.4 Å². The highest BCUT2D eigenvalue weighted by Crippen LogP contribution is 2.42. The Morgan fingerprint density at radius 2 is 1.03 bits per heavy atom. The number of hydrogen-bond donors (Lipinski definition) is 3. The smallest absolute Gasteiger partial charge is 0.343 e. The number of phenolic OH excluding ortho intramolecular Hbond substituents is 2. The number of benzene rings is 6. The minimum absolute atomic E-state index is 0.00399. The maximum absolute atomic E-state index is 13.0. The highest BCUT2D eigenvalue weighted by Gasteiger charge is 2.17. The van der Waals surface area contributed by atoms with E-state index in [0.717, 1.165) is 0 Å². The fraction of sp³-hybridized carbons (Fsp3) is 0.0909. The fourth-order valence-electron chi connectivity index (χ4n) is 5.19. The van der Waals surface area contributed by atoms with E-state index in [0.29, 0.717) is 45.6 Å². The predicted molar refractivity (Wildman–Crippen MR) is 213 cm³/mol. The second-order valence-corrected chi connectivity index (χ2v) is 12.4. The number of ether oxygens (including phenoxy) is 6. The minimum atomic E-state index is -0.586. The zero-order valence-corrected chi connectivity index (χ0v) is 32.1. The van der Waals surface area contributed by atoms with E-state index in [1.54, 1.807) is 54.6 Å². The number of esters is 1. The van der Waals surface area contributed by atoms with Gasteiger partial charge in [0.2, 0.25) is 5.75 Å². The number of phenols is 2. The van der Waals surface area contributed by atoms with Crippen molar-refractivity contribution in [2.45, 2.75) is 0 Å². The Morgan fingerprint density at radius 1 is 0.534 bits per heavy atom. The molecule has 6 aromatic rings. The maximum atomic E-state index is 13.0. The third kappa shape index (κ3) is 9.75. The molecule has 0 saturated carbocycles. The lowest BCUT2D eigenvalue weighted by molar-refractivity contribution is -0.102. The lowest BCUT2D eigenvalue weighted by Gasteiger charge is -2.14. The van der Waals surface area contributed by atoms with Crippen LogP contribution >= 0.6 is 11.6 Å². The molecule has 6 aromatic carbocycles. The molecule has 0 atom stereocenters. The van der Waals surface area contributed by atoms with Crippen molar-refractivity contribution >= 4 is 29.2 Å². The lowest BCUT2D eigenvalue weighted by Crippen LogP contribution is -2.11. The van der Waals surface area contributed by atoms with Gasteiger partial charge < -0.3 is 44.0 Å². The summed E-state index contributed by atoms with van der Waals surface area (Å²) in [7, 11) is 5.80. The molecule has 0 bridgehead atoms. The topological polar surface area (TPSA) is 160 Å². The van der Waals surface area contributed by atoms with Crippen molar-refractivity contribution in [3.05, 3.63) is 143 Å². The van der Waals surface area contributed by atoms with Crippen LogP contribution in [0.5, 0.6) is 63.2 Å². The quantitative estimate of drug-likeness (QED) is 0.0335. The third-order valence-electron chi connectivity index (χ3n) is 8.22. The van der Waals surface area contributed by atoms with Crippen molar-refractivity contribution in [2.24, 2.45) is 0 Å². The van der Waals surface area contributed by atoms with E-state index in [2.05, 4.69) is 17.2 Å². The van der Waals surface area contributed by atoms with Gasteiger partial charge in [0.15, 0.2) is 46.0 Å². The number of nitrogens with one attached hydrogen (secondary N) is 1. The van der Waals surface area contributed by atoms with E-state index in [4.69, 9.17) is 49.8 Å². The summed E-state index contributed by atoms with van der Waals surface area (Å²) in [5.74, 6) is 7.00. The normalized spacial score (nSPS) is 10.3. The molecule has 0 heterocycles. The Morgan fingerprint density at radius 3 is 1.60 bits per heavy atom. The minimum Gasteiger partial charge on any atom is -0.504 e. The van der Waals surface area contributed by atoms with Crippen LogP contribution in [-0.4, -0.2) is 50.5 Å². The van der Waals surface area contributed by atoms with Crippen molar-refractivity contribution in [1.82, 2.24) is 0 Å². The molecule has 0 radical (unpaired) electrons.